The Kier molecular flexibility index (Phi) is 6.50. The van der Waals surface area contributed by atoms with Crippen LogP contribution in [0.1, 0.15) is 45.1 Å². The summed E-state index contributed by atoms with van der Waals surface area (Å²) in [6, 6.07) is 8.16. The first-order chi connectivity index (χ1) is 16.3. The normalized spacial score (nSPS) is 22.7. The van der Waals surface area contributed by atoms with Gasteiger partial charge in [0.05, 0.1) is 10.5 Å². The maximum absolute atomic E-state index is 13.3. The van der Waals surface area contributed by atoms with E-state index in [0.29, 0.717) is 18.7 Å². The summed E-state index contributed by atoms with van der Waals surface area (Å²) in [5.74, 6) is -0.177. The summed E-state index contributed by atoms with van der Waals surface area (Å²) in [6.45, 7) is 2.90. The molecular formula is C24H28F3N3O4S. The summed E-state index contributed by atoms with van der Waals surface area (Å²) >= 11 is 0. The van der Waals surface area contributed by atoms with Crippen molar-refractivity contribution in [2.24, 2.45) is 0 Å². The van der Waals surface area contributed by atoms with Gasteiger partial charge < -0.3 is 15.0 Å². The van der Waals surface area contributed by atoms with E-state index in [0.717, 1.165) is 25.2 Å². The van der Waals surface area contributed by atoms with Crippen molar-refractivity contribution in [1.82, 2.24) is 10.3 Å². The molecule has 2 aromatic rings. The molecule has 0 spiro atoms. The number of rotatable bonds is 6. The summed E-state index contributed by atoms with van der Waals surface area (Å²) in [4.78, 5) is 19.7. The van der Waals surface area contributed by atoms with E-state index in [4.69, 9.17) is 4.74 Å². The van der Waals surface area contributed by atoms with Gasteiger partial charge in [0.2, 0.25) is 0 Å². The Morgan fingerprint density at radius 3 is 2.26 bits per heavy atom. The molecule has 3 heterocycles. The van der Waals surface area contributed by atoms with E-state index in [2.05, 4.69) is 15.2 Å². The zero-order valence-corrected chi connectivity index (χ0v) is 20.5. The zero-order valence-electron chi connectivity index (χ0n) is 19.7. The average Bonchev–Trinajstić information content (AvgIpc) is 3.03. The number of hydrogen-bond donors (Lipinski definition) is 1. The van der Waals surface area contributed by atoms with E-state index in [1.807, 2.05) is 0 Å². The molecule has 1 N–H and O–H groups in total. The number of piperidine rings is 1. The highest BCUT2D eigenvalue weighted by Crippen LogP contribution is 2.40. The molecule has 1 amide bonds. The Hall–Kier alpha value is -2.82. The van der Waals surface area contributed by atoms with Crippen LogP contribution in [0.2, 0.25) is 0 Å². The minimum Gasteiger partial charge on any atom is -0.477 e. The van der Waals surface area contributed by atoms with Gasteiger partial charge in [-0.3, -0.25) is 4.79 Å². The summed E-state index contributed by atoms with van der Waals surface area (Å²) in [5.41, 5.74) is -2.44. The Balaban J connectivity index is 1.42. The molecule has 0 radical (unpaired) electrons. The highest BCUT2D eigenvalue weighted by Gasteiger charge is 2.44. The van der Waals surface area contributed by atoms with Crippen LogP contribution < -0.4 is 15.0 Å². The topological polar surface area (TPSA) is 88.6 Å². The number of sulfone groups is 1. The SMILES string of the molecule is CC(C)(Oc1ccccc1C(F)(F)F)C(=O)NC1CC2CCC(C1)N2c1ccc(S(C)(=O)=O)cn1. The highest BCUT2D eigenvalue weighted by molar-refractivity contribution is 7.90. The number of nitrogens with zero attached hydrogens (tertiary/aromatic N) is 2. The minimum absolute atomic E-state index is 0.116. The molecule has 0 aliphatic carbocycles. The number of amides is 1. The summed E-state index contributed by atoms with van der Waals surface area (Å²) in [7, 11) is -3.33. The van der Waals surface area contributed by atoms with Gasteiger partial charge in [-0.15, -0.1) is 0 Å². The van der Waals surface area contributed by atoms with Crippen molar-refractivity contribution < 1.29 is 31.1 Å². The van der Waals surface area contributed by atoms with Crippen LogP contribution in [0.4, 0.5) is 19.0 Å². The fourth-order valence-corrected chi connectivity index (χ4v) is 5.44. The van der Waals surface area contributed by atoms with Crippen LogP contribution in [0.3, 0.4) is 0 Å². The van der Waals surface area contributed by atoms with Gasteiger partial charge in [0, 0.05) is 30.6 Å². The number of hydrogen-bond acceptors (Lipinski definition) is 6. The Bertz CT molecular complexity index is 1190. The molecular weight excluding hydrogens is 483 g/mol. The molecule has 2 saturated heterocycles. The van der Waals surface area contributed by atoms with Gasteiger partial charge in [0.15, 0.2) is 15.4 Å². The van der Waals surface area contributed by atoms with E-state index >= 15 is 0 Å². The lowest BCUT2D eigenvalue weighted by atomic mass is 9.96. The van der Waals surface area contributed by atoms with Gasteiger partial charge >= 0.3 is 6.18 Å². The largest absolute Gasteiger partial charge is 0.477 e. The van der Waals surface area contributed by atoms with E-state index < -0.39 is 38.8 Å². The second-order valence-electron chi connectivity index (χ2n) is 9.66. The van der Waals surface area contributed by atoms with Crippen LogP contribution in [0.15, 0.2) is 47.5 Å². The second-order valence-corrected chi connectivity index (χ2v) is 11.7. The molecule has 2 fully saturated rings. The van der Waals surface area contributed by atoms with Crippen LogP contribution in [-0.4, -0.2) is 49.3 Å². The van der Waals surface area contributed by atoms with Crippen molar-refractivity contribution in [3.63, 3.8) is 0 Å². The molecule has 4 rings (SSSR count). The number of benzene rings is 1. The van der Waals surface area contributed by atoms with Gasteiger partial charge in [-0.05, 0) is 63.8 Å². The number of para-hydroxylation sites is 1. The molecule has 2 aliphatic rings. The first-order valence-corrected chi connectivity index (χ1v) is 13.3. The van der Waals surface area contributed by atoms with Crippen molar-refractivity contribution in [2.75, 3.05) is 11.2 Å². The Morgan fingerprint density at radius 2 is 1.71 bits per heavy atom. The maximum Gasteiger partial charge on any atom is 0.419 e. The molecule has 35 heavy (non-hydrogen) atoms. The first-order valence-electron chi connectivity index (χ1n) is 11.4. The molecule has 7 nitrogen and oxygen atoms in total. The van der Waals surface area contributed by atoms with Gasteiger partial charge in [0.1, 0.15) is 11.6 Å². The van der Waals surface area contributed by atoms with Crippen molar-refractivity contribution in [2.45, 2.75) is 74.3 Å². The third-order valence-electron chi connectivity index (χ3n) is 6.59. The lowest BCUT2D eigenvalue weighted by Crippen LogP contribution is -2.55. The monoisotopic (exact) mass is 511 g/mol. The molecule has 2 bridgehead atoms. The van der Waals surface area contributed by atoms with Crippen molar-refractivity contribution in [3.05, 3.63) is 48.2 Å². The predicted molar refractivity (Wildman–Crippen MR) is 124 cm³/mol. The molecule has 1 aromatic heterocycles. The molecule has 1 aromatic carbocycles. The molecule has 2 unspecified atom stereocenters. The zero-order chi connectivity index (χ0) is 25.6. The van der Waals surface area contributed by atoms with Crippen molar-refractivity contribution in [3.8, 4) is 5.75 Å². The quantitative estimate of drug-likeness (QED) is 0.631. The fraction of sp³-hybridized carbons (Fsp3) is 0.500. The lowest BCUT2D eigenvalue weighted by Gasteiger charge is -2.41. The number of carbonyl (C=O) groups excluding carboxylic acids is 1. The molecule has 190 valence electrons. The molecule has 2 atom stereocenters. The Morgan fingerprint density at radius 1 is 1.09 bits per heavy atom. The van der Waals surface area contributed by atoms with Gasteiger partial charge in [-0.2, -0.15) is 13.2 Å². The number of pyridine rings is 1. The third kappa shape index (κ3) is 5.39. The third-order valence-corrected chi connectivity index (χ3v) is 7.68. The molecule has 11 heteroatoms. The van der Waals surface area contributed by atoms with E-state index in [9.17, 15) is 26.4 Å². The number of anilines is 1. The van der Waals surface area contributed by atoms with E-state index in [1.165, 1.54) is 38.2 Å². The van der Waals surface area contributed by atoms with Gasteiger partial charge in [0.25, 0.3) is 5.91 Å². The summed E-state index contributed by atoms with van der Waals surface area (Å²) in [6.07, 6.45) is 1.00. The number of fused-ring (bicyclic) bond motifs is 2. The van der Waals surface area contributed by atoms with Crippen LogP contribution >= 0.6 is 0 Å². The van der Waals surface area contributed by atoms with Gasteiger partial charge in [-0.25, -0.2) is 13.4 Å². The fourth-order valence-electron chi connectivity index (χ4n) is 4.88. The maximum atomic E-state index is 13.3. The number of alkyl halides is 3. The van der Waals surface area contributed by atoms with Crippen LogP contribution in [0.5, 0.6) is 5.75 Å². The van der Waals surface area contributed by atoms with Crippen LogP contribution in [0, 0.1) is 0 Å². The van der Waals surface area contributed by atoms with Crippen LogP contribution in [0.25, 0.3) is 0 Å². The minimum atomic E-state index is -4.59. The van der Waals surface area contributed by atoms with Crippen molar-refractivity contribution in [1.29, 1.82) is 0 Å². The van der Waals surface area contributed by atoms with E-state index in [1.54, 1.807) is 12.1 Å². The number of ether oxygens (including phenoxy) is 1. The van der Waals surface area contributed by atoms with Crippen LogP contribution in [-0.2, 0) is 20.8 Å². The van der Waals surface area contributed by atoms with Crippen molar-refractivity contribution >= 4 is 21.6 Å². The lowest BCUT2D eigenvalue weighted by molar-refractivity contribution is -0.143. The second kappa shape index (κ2) is 9.00. The standard InChI is InChI=1S/C24H28F3N3O4S/c1-23(2,34-20-7-5-4-6-19(20)24(25,26)27)22(31)29-15-12-16-8-9-17(13-15)30(16)21-11-10-18(14-28-21)35(3,32)33/h4-7,10-11,14-17H,8-9,12-13H2,1-3H3,(H,29,31). The number of aromatic nitrogens is 1. The molecule has 0 saturated carbocycles. The number of halogens is 3. The van der Waals surface area contributed by atoms with Gasteiger partial charge in [-0.1, -0.05) is 12.1 Å². The summed E-state index contributed by atoms with van der Waals surface area (Å²) in [5, 5.41) is 2.97. The predicted octanol–water partition coefficient (Wildman–Crippen LogP) is 3.98. The average molecular weight is 512 g/mol. The van der Waals surface area contributed by atoms with E-state index in [-0.39, 0.29) is 23.0 Å². The highest BCUT2D eigenvalue weighted by atomic mass is 32.2. The first kappa shape index (κ1) is 25.3. The number of nitrogens with one attached hydrogen (secondary N) is 1. The Labute approximate surface area is 202 Å². The smallest absolute Gasteiger partial charge is 0.419 e. The number of carbonyl (C=O) groups is 1. The molecule has 2 aliphatic heterocycles. The summed E-state index contributed by atoms with van der Waals surface area (Å²) < 4.78 is 69.0.